The highest BCUT2D eigenvalue weighted by atomic mass is 32.2. The van der Waals surface area contributed by atoms with Crippen molar-refractivity contribution in [2.24, 2.45) is 5.92 Å². The van der Waals surface area contributed by atoms with Crippen molar-refractivity contribution in [3.63, 3.8) is 0 Å². The zero-order chi connectivity index (χ0) is 5.98. The van der Waals surface area contributed by atoms with Crippen LogP contribution in [-0.2, 0) is 0 Å². The van der Waals surface area contributed by atoms with Crippen molar-refractivity contribution < 1.29 is 0 Å². The average molecular weight is 127 g/mol. The molecule has 0 amide bonds. The maximum Gasteiger partial charge on any atom is 0.0667 e. The Kier molecular flexibility index (Phi) is 1.80. The Morgan fingerprint density at radius 3 is 2.75 bits per heavy atom. The molecule has 0 bridgehead atoms. The molecule has 0 saturated carbocycles. The Morgan fingerprint density at radius 1 is 1.75 bits per heavy atom. The largest absolute Gasteiger partial charge is 0.198 e. The Morgan fingerprint density at radius 2 is 2.50 bits per heavy atom. The van der Waals surface area contributed by atoms with Gasteiger partial charge in [0.25, 0.3) is 0 Å². The van der Waals surface area contributed by atoms with Gasteiger partial charge in [0.1, 0.15) is 0 Å². The molecule has 1 fully saturated rings. The van der Waals surface area contributed by atoms with Crippen LogP contribution in [0.5, 0.6) is 0 Å². The average Bonchev–Trinajstić information content (AvgIpc) is 2.14. The highest BCUT2D eigenvalue weighted by molar-refractivity contribution is 8.00. The van der Waals surface area contributed by atoms with Gasteiger partial charge in [0, 0.05) is 5.25 Å². The maximum absolute atomic E-state index is 8.47. The third kappa shape index (κ3) is 0.976. The molecule has 2 heteroatoms. The van der Waals surface area contributed by atoms with Crippen molar-refractivity contribution >= 4 is 11.8 Å². The highest BCUT2D eigenvalue weighted by Crippen LogP contribution is 2.30. The molecule has 1 saturated heterocycles. The molecule has 8 heavy (non-hydrogen) atoms. The Hall–Kier alpha value is -0.160. The van der Waals surface area contributed by atoms with E-state index in [0.717, 1.165) is 6.42 Å². The number of nitrogens with zero attached hydrogens (tertiary/aromatic N) is 1. The minimum atomic E-state index is 0.333. The molecule has 1 nitrogen and oxygen atoms in total. The minimum absolute atomic E-state index is 0.333. The van der Waals surface area contributed by atoms with E-state index in [1.807, 2.05) is 11.8 Å². The summed E-state index contributed by atoms with van der Waals surface area (Å²) >= 11 is 1.91. The smallest absolute Gasteiger partial charge is 0.0667 e. The van der Waals surface area contributed by atoms with Gasteiger partial charge < -0.3 is 0 Å². The van der Waals surface area contributed by atoms with Crippen molar-refractivity contribution in [2.45, 2.75) is 18.6 Å². The lowest BCUT2D eigenvalue weighted by atomic mass is 10.1. The van der Waals surface area contributed by atoms with E-state index >= 15 is 0 Å². The van der Waals surface area contributed by atoms with E-state index in [1.54, 1.807) is 0 Å². The van der Waals surface area contributed by atoms with Crippen molar-refractivity contribution in [3.8, 4) is 6.07 Å². The van der Waals surface area contributed by atoms with Crippen LogP contribution in [0.4, 0.5) is 0 Å². The van der Waals surface area contributed by atoms with Crippen LogP contribution in [0.25, 0.3) is 0 Å². The Bertz CT molecular complexity index is 116. The number of nitriles is 1. The summed E-state index contributed by atoms with van der Waals surface area (Å²) in [4.78, 5) is 0. The number of hydrogen-bond acceptors (Lipinski definition) is 2. The minimum Gasteiger partial charge on any atom is -0.198 e. The molecule has 0 radical (unpaired) electrons. The standard InChI is InChI=1S/C6H9NS/c1-5-6(4-7)2-3-8-5/h5-6H,2-3H2,1H3. The molecule has 0 N–H and O–H groups in total. The molecular weight excluding hydrogens is 118 g/mol. The van der Waals surface area contributed by atoms with E-state index < -0.39 is 0 Å². The Balaban J connectivity index is 2.45. The molecular formula is C6H9NS. The van der Waals surface area contributed by atoms with E-state index in [4.69, 9.17) is 5.26 Å². The predicted octanol–water partition coefficient (Wildman–Crippen LogP) is 1.65. The summed E-state index contributed by atoms with van der Waals surface area (Å²) in [6.07, 6.45) is 1.10. The highest BCUT2D eigenvalue weighted by Gasteiger charge is 2.22. The summed E-state index contributed by atoms with van der Waals surface area (Å²) in [7, 11) is 0. The van der Waals surface area contributed by atoms with Crippen LogP contribution in [0.3, 0.4) is 0 Å². The zero-order valence-electron chi connectivity index (χ0n) is 4.92. The second kappa shape index (κ2) is 2.41. The first kappa shape index (κ1) is 5.97. The zero-order valence-corrected chi connectivity index (χ0v) is 5.74. The van der Waals surface area contributed by atoms with Crippen molar-refractivity contribution in [2.75, 3.05) is 5.75 Å². The molecule has 0 spiro atoms. The molecule has 0 aromatic carbocycles. The number of hydrogen-bond donors (Lipinski definition) is 0. The molecule has 1 heterocycles. The summed E-state index contributed by atoms with van der Waals surface area (Å²) in [5.74, 6) is 1.51. The van der Waals surface area contributed by atoms with Crippen LogP contribution in [0.1, 0.15) is 13.3 Å². The van der Waals surface area contributed by atoms with Crippen LogP contribution in [0.2, 0.25) is 0 Å². The van der Waals surface area contributed by atoms with Gasteiger partial charge in [-0.1, -0.05) is 6.92 Å². The van der Waals surface area contributed by atoms with Gasteiger partial charge in [-0.3, -0.25) is 0 Å². The van der Waals surface area contributed by atoms with E-state index in [1.165, 1.54) is 5.75 Å². The number of thioether (sulfide) groups is 1. The van der Waals surface area contributed by atoms with Crippen molar-refractivity contribution in [1.29, 1.82) is 5.26 Å². The molecule has 44 valence electrons. The van der Waals surface area contributed by atoms with Gasteiger partial charge in [0.15, 0.2) is 0 Å². The molecule has 0 aromatic heterocycles. The SMILES string of the molecule is CC1SCCC1C#N. The normalized spacial score (nSPS) is 37.0. The quantitative estimate of drug-likeness (QED) is 0.494. The van der Waals surface area contributed by atoms with Gasteiger partial charge in [-0.15, -0.1) is 0 Å². The molecule has 0 aromatic rings. The second-order valence-corrected chi connectivity index (χ2v) is 3.59. The van der Waals surface area contributed by atoms with Crippen molar-refractivity contribution in [3.05, 3.63) is 0 Å². The van der Waals surface area contributed by atoms with E-state index in [-0.39, 0.29) is 0 Å². The van der Waals surface area contributed by atoms with Gasteiger partial charge in [-0.25, -0.2) is 0 Å². The van der Waals surface area contributed by atoms with Crippen LogP contribution in [-0.4, -0.2) is 11.0 Å². The summed E-state index contributed by atoms with van der Waals surface area (Å²) in [6.45, 7) is 2.13. The van der Waals surface area contributed by atoms with Crippen molar-refractivity contribution in [1.82, 2.24) is 0 Å². The summed E-state index contributed by atoms with van der Waals surface area (Å²) < 4.78 is 0. The van der Waals surface area contributed by atoms with Gasteiger partial charge in [0.2, 0.25) is 0 Å². The van der Waals surface area contributed by atoms with Crippen LogP contribution >= 0.6 is 11.8 Å². The predicted molar refractivity (Wildman–Crippen MR) is 35.6 cm³/mol. The monoisotopic (exact) mass is 127 g/mol. The van der Waals surface area contributed by atoms with E-state index in [0.29, 0.717) is 11.2 Å². The lowest BCUT2D eigenvalue weighted by molar-refractivity contribution is 0.672. The first-order chi connectivity index (χ1) is 3.84. The third-order valence-electron chi connectivity index (χ3n) is 1.54. The lowest BCUT2D eigenvalue weighted by Gasteiger charge is -2.01. The molecule has 0 aliphatic carbocycles. The topological polar surface area (TPSA) is 23.8 Å². The van der Waals surface area contributed by atoms with Crippen LogP contribution in [0.15, 0.2) is 0 Å². The van der Waals surface area contributed by atoms with E-state index in [9.17, 15) is 0 Å². The third-order valence-corrected chi connectivity index (χ3v) is 2.87. The molecule has 2 atom stereocenters. The molecule has 1 aliphatic rings. The molecule has 1 aliphatic heterocycles. The van der Waals surface area contributed by atoms with Gasteiger partial charge in [-0.2, -0.15) is 17.0 Å². The molecule has 2 unspecified atom stereocenters. The maximum atomic E-state index is 8.47. The summed E-state index contributed by atoms with van der Waals surface area (Å²) in [5, 5.41) is 9.06. The van der Waals surface area contributed by atoms with Gasteiger partial charge in [0.05, 0.1) is 12.0 Å². The number of rotatable bonds is 0. The van der Waals surface area contributed by atoms with Gasteiger partial charge in [-0.05, 0) is 12.2 Å². The lowest BCUT2D eigenvalue weighted by Crippen LogP contribution is -2.02. The van der Waals surface area contributed by atoms with Crippen LogP contribution in [0, 0.1) is 17.2 Å². The fraction of sp³-hybridized carbons (Fsp3) is 0.833. The first-order valence-electron chi connectivity index (χ1n) is 2.86. The fourth-order valence-electron chi connectivity index (χ4n) is 0.901. The second-order valence-electron chi connectivity index (χ2n) is 2.10. The fourth-order valence-corrected chi connectivity index (χ4v) is 2.09. The first-order valence-corrected chi connectivity index (χ1v) is 3.90. The summed E-state index contributed by atoms with van der Waals surface area (Å²) in [6, 6.07) is 2.29. The molecule has 1 rings (SSSR count). The van der Waals surface area contributed by atoms with Crippen LogP contribution < -0.4 is 0 Å². The Labute approximate surface area is 54.1 Å². The van der Waals surface area contributed by atoms with Gasteiger partial charge >= 0.3 is 0 Å². The van der Waals surface area contributed by atoms with E-state index in [2.05, 4.69) is 13.0 Å². The summed E-state index contributed by atoms with van der Waals surface area (Å²) in [5.41, 5.74) is 0.